The van der Waals surface area contributed by atoms with E-state index >= 15 is 0 Å². The van der Waals surface area contributed by atoms with Crippen molar-refractivity contribution >= 4 is 34.6 Å². The molecule has 2 atom stereocenters. The normalized spacial score (nSPS) is 15.4. The fourth-order valence-corrected chi connectivity index (χ4v) is 5.16. The van der Waals surface area contributed by atoms with E-state index in [1.54, 1.807) is 13.0 Å². The second-order valence-electron chi connectivity index (χ2n) is 10.9. The highest BCUT2D eigenvalue weighted by Crippen LogP contribution is 2.27. The zero-order chi connectivity index (χ0) is 31.3. The third-order valence-corrected chi connectivity index (χ3v) is 7.19. The highest BCUT2D eigenvalue weighted by molar-refractivity contribution is 5.93. The van der Waals surface area contributed by atoms with Crippen LogP contribution in [0.25, 0.3) is 22.1 Å². The molecule has 1 aliphatic rings. The number of ether oxygens (including phenoxy) is 1. The molecule has 2 heterocycles. The minimum atomic E-state index is -0.889. The summed E-state index contributed by atoms with van der Waals surface area (Å²) in [7, 11) is 0. The Bertz CT molecular complexity index is 1590. The molecule has 1 aromatic heterocycles. The number of nitrogens with two attached hydrogens (primary N) is 1. The predicted molar refractivity (Wildman–Crippen MR) is 156 cm³/mol. The summed E-state index contributed by atoms with van der Waals surface area (Å²) in [5.74, 6) is -1.81. The van der Waals surface area contributed by atoms with Crippen LogP contribution in [0.15, 0.2) is 51.7 Å². The summed E-state index contributed by atoms with van der Waals surface area (Å²) in [6.07, 6.45) is 1.36. The molecule has 4 amide bonds. The topological polar surface area (TPSA) is 161 Å². The molecule has 228 valence electrons. The van der Waals surface area contributed by atoms with Gasteiger partial charge in [-0.25, -0.2) is 4.39 Å². The first-order chi connectivity index (χ1) is 20.4. The van der Waals surface area contributed by atoms with Gasteiger partial charge >= 0.3 is 0 Å². The van der Waals surface area contributed by atoms with Crippen molar-refractivity contribution in [2.45, 2.75) is 52.1 Å². The Labute approximate surface area is 247 Å². The molecule has 4 N–H and O–H groups in total. The largest absolute Gasteiger partial charge is 0.484 e. The fraction of sp³-hybridized carbons (Fsp3) is 0.387. The number of carbonyl (C=O) groups excluding carboxylic acids is 4. The molecule has 1 aliphatic heterocycles. The molecule has 2 aromatic carbocycles. The lowest BCUT2D eigenvalue weighted by atomic mass is 10.0. The maximum atomic E-state index is 13.4. The van der Waals surface area contributed by atoms with Crippen molar-refractivity contribution in [1.29, 1.82) is 0 Å². The number of hydrogen-bond acceptors (Lipinski definition) is 7. The first-order valence-electron chi connectivity index (χ1n) is 14.1. The third kappa shape index (κ3) is 7.56. The van der Waals surface area contributed by atoms with Crippen LogP contribution < -0.4 is 26.5 Å². The Balaban J connectivity index is 1.43. The quantitative estimate of drug-likeness (QED) is 0.307. The van der Waals surface area contributed by atoms with Crippen molar-refractivity contribution in [2.24, 2.45) is 11.7 Å². The Morgan fingerprint density at radius 1 is 1.14 bits per heavy atom. The first kappa shape index (κ1) is 31.2. The van der Waals surface area contributed by atoms with Gasteiger partial charge in [-0.2, -0.15) is 0 Å². The van der Waals surface area contributed by atoms with Gasteiger partial charge in [0.1, 0.15) is 35.0 Å². The Morgan fingerprint density at radius 2 is 1.86 bits per heavy atom. The average Bonchev–Trinajstić information content (AvgIpc) is 3.45. The van der Waals surface area contributed by atoms with Gasteiger partial charge in [0.25, 0.3) is 5.91 Å². The number of fused-ring (bicyclic) bond motifs is 1. The summed E-state index contributed by atoms with van der Waals surface area (Å²) in [5, 5.41) is 5.44. The van der Waals surface area contributed by atoms with Crippen molar-refractivity contribution in [3.05, 3.63) is 64.3 Å². The lowest BCUT2D eigenvalue weighted by Gasteiger charge is -2.27. The molecule has 0 aliphatic carbocycles. The SMILES string of the molecule is Cc1oc2cc(OCC(=O)N3CCCC3C(=O)NC(CC(C)C)C(=O)NCC(N)=O)ccc2c(=O)c1-c1ccc(F)cc1. The summed E-state index contributed by atoms with van der Waals surface area (Å²) in [5.41, 5.74) is 5.96. The molecule has 1 fully saturated rings. The Morgan fingerprint density at radius 3 is 2.53 bits per heavy atom. The molecule has 11 nitrogen and oxygen atoms in total. The number of primary amides is 1. The van der Waals surface area contributed by atoms with E-state index in [9.17, 15) is 28.4 Å². The highest BCUT2D eigenvalue weighted by atomic mass is 19.1. The van der Waals surface area contributed by atoms with Crippen LogP contribution in [-0.4, -0.2) is 60.3 Å². The van der Waals surface area contributed by atoms with Crippen molar-refractivity contribution < 1.29 is 32.7 Å². The summed E-state index contributed by atoms with van der Waals surface area (Å²) in [4.78, 5) is 64.5. The Kier molecular flexibility index (Phi) is 9.79. The van der Waals surface area contributed by atoms with E-state index in [4.69, 9.17) is 14.9 Å². The van der Waals surface area contributed by atoms with E-state index in [-0.39, 0.29) is 30.1 Å². The second-order valence-corrected chi connectivity index (χ2v) is 10.9. The maximum absolute atomic E-state index is 13.4. The van der Waals surface area contributed by atoms with Crippen molar-refractivity contribution in [3.8, 4) is 16.9 Å². The standard InChI is InChI=1S/C31H35FN4O7/c1-17(2)13-23(30(40)34-15-26(33)37)35-31(41)24-5-4-12-36(24)27(38)16-42-21-10-11-22-25(14-21)43-18(3)28(29(22)39)19-6-8-20(32)9-7-19/h6-11,14,17,23-24H,4-5,12-13,15-16H2,1-3H3,(H2,33,37)(H,34,40)(H,35,41). The number of benzene rings is 2. The summed E-state index contributed by atoms with van der Waals surface area (Å²) >= 11 is 0. The van der Waals surface area contributed by atoms with Gasteiger partial charge in [0.15, 0.2) is 6.61 Å². The monoisotopic (exact) mass is 594 g/mol. The number of amides is 4. The first-order valence-corrected chi connectivity index (χ1v) is 14.1. The molecule has 12 heteroatoms. The molecule has 0 bridgehead atoms. The summed E-state index contributed by atoms with van der Waals surface area (Å²) in [6, 6.07) is 8.50. The second kappa shape index (κ2) is 13.5. The van der Waals surface area contributed by atoms with Crippen LogP contribution in [-0.2, 0) is 19.2 Å². The lowest BCUT2D eigenvalue weighted by molar-refractivity contribution is -0.141. The number of halogens is 1. The van der Waals surface area contributed by atoms with Gasteiger partial charge in [-0.05, 0) is 61.9 Å². The lowest BCUT2D eigenvalue weighted by Crippen LogP contribution is -2.54. The summed E-state index contributed by atoms with van der Waals surface area (Å²) < 4.78 is 25.0. The van der Waals surface area contributed by atoms with Crippen molar-refractivity contribution in [2.75, 3.05) is 19.7 Å². The molecule has 1 saturated heterocycles. The maximum Gasteiger partial charge on any atom is 0.261 e. The van der Waals surface area contributed by atoms with Crippen LogP contribution in [0.2, 0.25) is 0 Å². The van der Waals surface area contributed by atoms with E-state index in [1.165, 1.54) is 41.3 Å². The highest BCUT2D eigenvalue weighted by Gasteiger charge is 2.36. The number of hydrogen-bond donors (Lipinski definition) is 3. The number of carbonyl (C=O) groups is 4. The zero-order valence-electron chi connectivity index (χ0n) is 24.3. The van der Waals surface area contributed by atoms with Crippen LogP contribution in [0.5, 0.6) is 5.75 Å². The molecule has 43 heavy (non-hydrogen) atoms. The molecular formula is C31H35FN4O7. The molecule has 3 aromatic rings. The predicted octanol–water partition coefficient (Wildman–Crippen LogP) is 2.41. The molecule has 2 unspecified atom stereocenters. The van der Waals surface area contributed by atoms with Crippen LogP contribution in [0.3, 0.4) is 0 Å². The van der Waals surface area contributed by atoms with E-state index < -0.39 is 41.5 Å². The Hall–Kier alpha value is -4.74. The minimum absolute atomic E-state index is 0.0732. The average molecular weight is 595 g/mol. The van der Waals surface area contributed by atoms with E-state index in [0.29, 0.717) is 53.8 Å². The summed E-state index contributed by atoms with van der Waals surface area (Å²) in [6.45, 7) is 5.08. The van der Waals surface area contributed by atoms with Crippen LogP contribution in [0, 0.1) is 18.7 Å². The van der Waals surface area contributed by atoms with E-state index in [0.717, 1.165) is 0 Å². The van der Waals surface area contributed by atoms with Gasteiger partial charge in [-0.3, -0.25) is 24.0 Å². The number of likely N-dealkylation sites (tertiary alicyclic amines) is 1. The van der Waals surface area contributed by atoms with E-state index in [2.05, 4.69) is 10.6 Å². The van der Waals surface area contributed by atoms with Crippen molar-refractivity contribution in [3.63, 3.8) is 0 Å². The van der Waals surface area contributed by atoms with Gasteiger partial charge in [0, 0.05) is 12.6 Å². The number of rotatable bonds is 11. The molecule has 4 rings (SSSR count). The number of aryl methyl sites for hydroxylation is 1. The van der Waals surface area contributed by atoms with Crippen molar-refractivity contribution in [1.82, 2.24) is 15.5 Å². The molecule has 0 radical (unpaired) electrons. The zero-order valence-corrected chi connectivity index (χ0v) is 24.3. The van der Waals surface area contributed by atoms with Gasteiger partial charge in [0.2, 0.25) is 23.2 Å². The smallest absolute Gasteiger partial charge is 0.261 e. The molecule has 0 saturated carbocycles. The fourth-order valence-electron chi connectivity index (χ4n) is 5.16. The third-order valence-electron chi connectivity index (χ3n) is 7.19. The molecular weight excluding hydrogens is 559 g/mol. The van der Waals surface area contributed by atoms with Gasteiger partial charge in [0.05, 0.1) is 17.5 Å². The van der Waals surface area contributed by atoms with Gasteiger partial charge < -0.3 is 30.4 Å². The van der Waals surface area contributed by atoms with Crippen LogP contribution >= 0.6 is 0 Å². The van der Waals surface area contributed by atoms with Crippen LogP contribution in [0.1, 0.15) is 38.9 Å². The van der Waals surface area contributed by atoms with Gasteiger partial charge in [-0.1, -0.05) is 26.0 Å². The van der Waals surface area contributed by atoms with Crippen LogP contribution in [0.4, 0.5) is 4.39 Å². The van der Waals surface area contributed by atoms with Gasteiger partial charge in [-0.15, -0.1) is 0 Å². The number of nitrogens with zero attached hydrogens (tertiary/aromatic N) is 1. The molecule has 0 spiro atoms. The van der Waals surface area contributed by atoms with E-state index in [1.807, 2.05) is 13.8 Å². The minimum Gasteiger partial charge on any atom is -0.484 e. The number of nitrogens with one attached hydrogen (secondary N) is 2.